The van der Waals surface area contributed by atoms with E-state index < -0.39 is 21.8 Å². The lowest BCUT2D eigenvalue weighted by Gasteiger charge is -2.28. The van der Waals surface area contributed by atoms with E-state index in [0.717, 1.165) is 25.7 Å². The molecule has 0 radical (unpaired) electrons. The third kappa shape index (κ3) is 5.04. The minimum atomic E-state index is -3.78. The van der Waals surface area contributed by atoms with E-state index in [1.807, 2.05) is 0 Å². The number of hydrogen-bond acceptors (Lipinski definition) is 4. The second-order valence-electron chi connectivity index (χ2n) is 6.13. The van der Waals surface area contributed by atoms with Crippen LogP contribution in [0.2, 0.25) is 0 Å². The highest BCUT2D eigenvalue weighted by Gasteiger charge is 2.24. The summed E-state index contributed by atoms with van der Waals surface area (Å²) in [6, 6.07) is 5.36. The zero-order valence-electron chi connectivity index (χ0n) is 13.6. The SMILES string of the molecule is CC[C@@H]1CCC[C@H](NC(=O)C(=O)Nc2ccc(S(N)(=O)=O)cc2)C1. The van der Waals surface area contributed by atoms with Gasteiger partial charge in [-0.15, -0.1) is 0 Å². The van der Waals surface area contributed by atoms with Gasteiger partial charge < -0.3 is 10.6 Å². The molecule has 24 heavy (non-hydrogen) atoms. The molecular formula is C16H23N3O4S. The molecule has 2 amide bonds. The van der Waals surface area contributed by atoms with Gasteiger partial charge in [0, 0.05) is 11.7 Å². The Morgan fingerprint density at radius 2 is 1.83 bits per heavy atom. The normalized spacial score (nSPS) is 21.1. The highest BCUT2D eigenvalue weighted by molar-refractivity contribution is 7.89. The highest BCUT2D eigenvalue weighted by Crippen LogP contribution is 2.26. The fraction of sp³-hybridized carbons (Fsp3) is 0.500. The Kier molecular flexibility index (Phi) is 5.95. The van der Waals surface area contributed by atoms with Crippen LogP contribution in [-0.2, 0) is 19.6 Å². The van der Waals surface area contributed by atoms with E-state index in [9.17, 15) is 18.0 Å². The maximum Gasteiger partial charge on any atom is 0.313 e. The Hall–Kier alpha value is -1.93. The van der Waals surface area contributed by atoms with E-state index in [1.54, 1.807) is 0 Å². The van der Waals surface area contributed by atoms with E-state index >= 15 is 0 Å². The molecule has 2 atom stereocenters. The molecule has 0 heterocycles. The minimum Gasteiger partial charge on any atom is -0.345 e. The third-order valence-electron chi connectivity index (χ3n) is 4.34. The van der Waals surface area contributed by atoms with Gasteiger partial charge in [-0.1, -0.05) is 26.2 Å². The zero-order valence-corrected chi connectivity index (χ0v) is 14.4. The first-order chi connectivity index (χ1) is 11.3. The van der Waals surface area contributed by atoms with Crippen molar-refractivity contribution in [3.05, 3.63) is 24.3 Å². The van der Waals surface area contributed by atoms with E-state index in [0.29, 0.717) is 11.6 Å². The molecular weight excluding hydrogens is 330 g/mol. The van der Waals surface area contributed by atoms with Crippen molar-refractivity contribution < 1.29 is 18.0 Å². The summed E-state index contributed by atoms with van der Waals surface area (Å²) in [6.07, 6.45) is 5.09. The van der Waals surface area contributed by atoms with Crippen LogP contribution < -0.4 is 15.8 Å². The fourth-order valence-corrected chi connectivity index (χ4v) is 3.48. The molecule has 1 aliphatic carbocycles. The molecule has 7 nitrogen and oxygen atoms in total. The summed E-state index contributed by atoms with van der Waals surface area (Å²) in [7, 11) is -3.78. The van der Waals surface area contributed by atoms with Crippen LogP contribution in [0.4, 0.5) is 5.69 Å². The van der Waals surface area contributed by atoms with Crippen LogP contribution >= 0.6 is 0 Å². The quantitative estimate of drug-likeness (QED) is 0.708. The molecule has 132 valence electrons. The van der Waals surface area contributed by atoms with E-state index in [2.05, 4.69) is 17.6 Å². The van der Waals surface area contributed by atoms with E-state index in [-0.39, 0.29) is 10.9 Å². The lowest BCUT2D eigenvalue weighted by molar-refractivity contribution is -0.136. The average Bonchev–Trinajstić information content (AvgIpc) is 2.54. The lowest BCUT2D eigenvalue weighted by Crippen LogP contribution is -2.43. The third-order valence-corrected chi connectivity index (χ3v) is 5.27. The first kappa shape index (κ1) is 18.4. The topological polar surface area (TPSA) is 118 Å². The molecule has 2 rings (SSSR count). The number of benzene rings is 1. The molecule has 1 aromatic carbocycles. The maximum absolute atomic E-state index is 12.0. The zero-order chi connectivity index (χ0) is 17.7. The van der Waals surface area contributed by atoms with Crippen LogP contribution in [0.3, 0.4) is 0 Å². The highest BCUT2D eigenvalue weighted by atomic mass is 32.2. The first-order valence-electron chi connectivity index (χ1n) is 8.04. The number of carbonyl (C=O) groups excluding carboxylic acids is 2. The minimum absolute atomic E-state index is 0.0340. The maximum atomic E-state index is 12.0. The molecule has 0 unspecified atom stereocenters. The predicted octanol–water partition coefficient (Wildman–Crippen LogP) is 1.36. The Morgan fingerprint density at radius 1 is 1.17 bits per heavy atom. The van der Waals surface area contributed by atoms with Gasteiger partial charge in [0.15, 0.2) is 0 Å². The summed E-state index contributed by atoms with van der Waals surface area (Å²) < 4.78 is 22.3. The monoisotopic (exact) mass is 353 g/mol. The number of carbonyl (C=O) groups is 2. The number of anilines is 1. The van der Waals surface area contributed by atoms with Crippen LogP contribution in [-0.4, -0.2) is 26.3 Å². The number of primary sulfonamides is 1. The van der Waals surface area contributed by atoms with Gasteiger partial charge in [-0.2, -0.15) is 0 Å². The summed E-state index contributed by atoms with van der Waals surface area (Å²) in [6.45, 7) is 2.13. The second-order valence-corrected chi connectivity index (χ2v) is 7.70. The average molecular weight is 353 g/mol. The van der Waals surface area contributed by atoms with Crippen LogP contribution in [0.15, 0.2) is 29.2 Å². The molecule has 0 saturated heterocycles. The Bertz CT molecular complexity index is 701. The molecule has 1 aromatic rings. The van der Waals surface area contributed by atoms with Gasteiger partial charge in [-0.3, -0.25) is 9.59 Å². The fourth-order valence-electron chi connectivity index (χ4n) is 2.96. The van der Waals surface area contributed by atoms with Crippen molar-refractivity contribution in [2.24, 2.45) is 11.1 Å². The van der Waals surface area contributed by atoms with Crippen molar-refractivity contribution in [3.8, 4) is 0 Å². The molecule has 0 aliphatic heterocycles. The number of sulfonamides is 1. The van der Waals surface area contributed by atoms with Gasteiger partial charge in [0.25, 0.3) is 0 Å². The van der Waals surface area contributed by atoms with Crippen LogP contribution in [0.5, 0.6) is 0 Å². The van der Waals surface area contributed by atoms with Crippen molar-refractivity contribution in [1.29, 1.82) is 0 Å². The molecule has 8 heteroatoms. The molecule has 1 saturated carbocycles. The summed E-state index contributed by atoms with van der Waals surface area (Å²) in [4.78, 5) is 23.9. The second kappa shape index (κ2) is 7.76. The van der Waals surface area contributed by atoms with Crippen LogP contribution in [0.1, 0.15) is 39.0 Å². The molecule has 4 N–H and O–H groups in total. The number of rotatable bonds is 4. The smallest absolute Gasteiger partial charge is 0.313 e. The molecule has 0 bridgehead atoms. The molecule has 0 aromatic heterocycles. The van der Waals surface area contributed by atoms with E-state index in [1.165, 1.54) is 30.7 Å². The number of hydrogen-bond donors (Lipinski definition) is 3. The summed E-state index contributed by atoms with van der Waals surface area (Å²) >= 11 is 0. The molecule has 0 spiro atoms. The van der Waals surface area contributed by atoms with Gasteiger partial charge in [-0.25, -0.2) is 13.6 Å². The standard InChI is InChI=1S/C16H23N3O4S/c1-2-11-4-3-5-13(10-11)19-16(21)15(20)18-12-6-8-14(9-7-12)24(17,22)23/h6-9,11,13H,2-5,10H2,1H3,(H,18,20)(H,19,21)(H2,17,22,23)/t11-,13+/m1/s1. The molecule has 1 aliphatic rings. The van der Waals surface area contributed by atoms with Crippen molar-refractivity contribution >= 4 is 27.5 Å². The number of nitrogens with two attached hydrogens (primary N) is 1. The van der Waals surface area contributed by atoms with Gasteiger partial charge in [0.05, 0.1) is 4.90 Å². The lowest BCUT2D eigenvalue weighted by atomic mass is 9.84. The summed E-state index contributed by atoms with van der Waals surface area (Å²) in [5, 5.41) is 10.2. The largest absolute Gasteiger partial charge is 0.345 e. The van der Waals surface area contributed by atoms with Gasteiger partial charge >= 0.3 is 11.8 Å². The van der Waals surface area contributed by atoms with Crippen molar-refractivity contribution in [2.75, 3.05) is 5.32 Å². The predicted molar refractivity (Wildman–Crippen MR) is 90.6 cm³/mol. The van der Waals surface area contributed by atoms with Crippen LogP contribution in [0, 0.1) is 5.92 Å². The van der Waals surface area contributed by atoms with Crippen molar-refractivity contribution in [1.82, 2.24) is 5.32 Å². The first-order valence-corrected chi connectivity index (χ1v) is 9.59. The summed E-state index contributed by atoms with van der Waals surface area (Å²) in [5.41, 5.74) is 0.331. The van der Waals surface area contributed by atoms with Crippen molar-refractivity contribution in [3.63, 3.8) is 0 Å². The Balaban J connectivity index is 1.90. The number of nitrogens with one attached hydrogen (secondary N) is 2. The molecule has 1 fully saturated rings. The Morgan fingerprint density at radius 3 is 2.42 bits per heavy atom. The number of amides is 2. The van der Waals surface area contributed by atoms with E-state index in [4.69, 9.17) is 5.14 Å². The Labute approximate surface area is 142 Å². The van der Waals surface area contributed by atoms with Gasteiger partial charge in [-0.05, 0) is 43.0 Å². The van der Waals surface area contributed by atoms with Gasteiger partial charge in [0.1, 0.15) is 0 Å². The van der Waals surface area contributed by atoms with Crippen molar-refractivity contribution in [2.45, 2.75) is 50.0 Å². The summed E-state index contributed by atoms with van der Waals surface area (Å²) in [5.74, 6) is -0.845. The van der Waals surface area contributed by atoms with Crippen LogP contribution in [0.25, 0.3) is 0 Å². The van der Waals surface area contributed by atoms with Gasteiger partial charge in [0.2, 0.25) is 10.0 Å².